The second-order valence-electron chi connectivity index (χ2n) is 3.72. The number of hydrogen-bond donors (Lipinski definition) is 2. The van der Waals surface area contributed by atoms with E-state index in [4.69, 9.17) is 16.4 Å². The van der Waals surface area contributed by atoms with Crippen LogP contribution in [0.15, 0.2) is 23.1 Å². The molecule has 6 nitrogen and oxygen atoms in total. The standard InChI is InChI=1S/C10H16N2O4S/c1-7(11)5-8-3-4-9(15-2)10(6-8)17(13,14)16-12/h3-4,6-7H,5,11-12H2,1-2H3. The fraction of sp³-hybridized carbons (Fsp3) is 0.400. The monoisotopic (exact) mass is 260 g/mol. The van der Waals surface area contributed by atoms with Gasteiger partial charge in [-0.2, -0.15) is 18.6 Å². The average molecular weight is 260 g/mol. The lowest BCUT2D eigenvalue weighted by Gasteiger charge is -2.11. The average Bonchev–Trinajstić information content (AvgIpc) is 2.28. The van der Waals surface area contributed by atoms with Gasteiger partial charge in [-0.3, -0.25) is 0 Å². The minimum absolute atomic E-state index is 0.0715. The van der Waals surface area contributed by atoms with Gasteiger partial charge in [0.15, 0.2) is 0 Å². The van der Waals surface area contributed by atoms with Gasteiger partial charge in [-0.25, -0.2) is 0 Å². The summed E-state index contributed by atoms with van der Waals surface area (Å²) in [6.07, 6.45) is 0.553. The summed E-state index contributed by atoms with van der Waals surface area (Å²) in [5.41, 5.74) is 6.42. The predicted molar refractivity (Wildman–Crippen MR) is 62.8 cm³/mol. The molecule has 1 atom stereocenters. The largest absolute Gasteiger partial charge is 0.495 e. The van der Waals surface area contributed by atoms with Crippen LogP contribution in [0.1, 0.15) is 12.5 Å². The van der Waals surface area contributed by atoms with E-state index in [1.165, 1.54) is 13.2 Å². The number of benzene rings is 1. The van der Waals surface area contributed by atoms with E-state index in [0.717, 1.165) is 5.56 Å². The number of ether oxygens (including phenoxy) is 1. The zero-order valence-corrected chi connectivity index (χ0v) is 10.5. The van der Waals surface area contributed by atoms with Crippen LogP contribution >= 0.6 is 0 Å². The number of rotatable bonds is 5. The van der Waals surface area contributed by atoms with Crippen LogP contribution in [0.4, 0.5) is 0 Å². The Morgan fingerprint density at radius 1 is 1.41 bits per heavy atom. The Balaban J connectivity index is 3.25. The first-order valence-corrected chi connectivity index (χ1v) is 6.37. The third kappa shape index (κ3) is 3.40. The maximum absolute atomic E-state index is 11.6. The minimum Gasteiger partial charge on any atom is -0.495 e. The van der Waals surface area contributed by atoms with Crippen LogP contribution in [-0.4, -0.2) is 21.6 Å². The van der Waals surface area contributed by atoms with Crippen molar-refractivity contribution in [3.63, 3.8) is 0 Å². The van der Waals surface area contributed by atoms with Gasteiger partial charge in [0.05, 0.1) is 7.11 Å². The summed E-state index contributed by atoms with van der Waals surface area (Å²) in [5.74, 6) is 4.93. The van der Waals surface area contributed by atoms with Crippen molar-refractivity contribution in [2.24, 2.45) is 11.6 Å². The molecule has 0 spiro atoms. The van der Waals surface area contributed by atoms with Crippen LogP contribution < -0.4 is 16.4 Å². The van der Waals surface area contributed by atoms with Gasteiger partial charge in [0.1, 0.15) is 10.6 Å². The molecule has 1 aromatic carbocycles. The van der Waals surface area contributed by atoms with E-state index in [0.29, 0.717) is 6.42 Å². The van der Waals surface area contributed by atoms with Gasteiger partial charge in [-0.1, -0.05) is 6.07 Å². The van der Waals surface area contributed by atoms with E-state index in [2.05, 4.69) is 4.28 Å². The summed E-state index contributed by atoms with van der Waals surface area (Å²) >= 11 is 0. The summed E-state index contributed by atoms with van der Waals surface area (Å²) in [5, 5.41) is 0. The highest BCUT2D eigenvalue weighted by Gasteiger charge is 2.20. The van der Waals surface area contributed by atoms with Crippen molar-refractivity contribution >= 4 is 10.1 Å². The van der Waals surface area contributed by atoms with Gasteiger partial charge in [-0.15, -0.1) is 0 Å². The normalized spacial score (nSPS) is 13.4. The van der Waals surface area contributed by atoms with Gasteiger partial charge in [-0.05, 0) is 31.0 Å². The molecule has 0 heterocycles. The summed E-state index contributed by atoms with van der Waals surface area (Å²) < 4.78 is 32.1. The summed E-state index contributed by atoms with van der Waals surface area (Å²) in [6, 6.07) is 4.67. The highest BCUT2D eigenvalue weighted by molar-refractivity contribution is 7.86. The van der Waals surface area contributed by atoms with Crippen molar-refractivity contribution in [2.45, 2.75) is 24.3 Å². The topological polar surface area (TPSA) is 105 Å². The summed E-state index contributed by atoms with van der Waals surface area (Å²) in [4.78, 5) is -0.0966. The Labute approximate surface area is 101 Å². The molecule has 0 amide bonds. The van der Waals surface area contributed by atoms with Gasteiger partial charge in [0, 0.05) is 6.04 Å². The molecule has 0 fully saturated rings. The second-order valence-corrected chi connectivity index (χ2v) is 5.26. The lowest BCUT2D eigenvalue weighted by Crippen LogP contribution is -2.18. The zero-order chi connectivity index (χ0) is 13.1. The van der Waals surface area contributed by atoms with E-state index in [1.54, 1.807) is 12.1 Å². The maximum atomic E-state index is 11.6. The lowest BCUT2D eigenvalue weighted by molar-refractivity contribution is 0.327. The molecule has 0 bridgehead atoms. The van der Waals surface area contributed by atoms with E-state index in [1.807, 2.05) is 6.92 Å². The molecule has 1 unspecified atom stereocenters. The Morgan fingerprint density at radius 3 is 2.53 bits per heavy atom. The summed E-state index contributed by atoms with van der Waals surface area (Å²) in [7, 11) is -2.62. The molecule has 7 heteroatoms. The number of hydrogen-bond acceptors (Lipinski definition) is 6. The third-order valence-corrected chi connectivity index (χ3v) is 3.29. The Morgan fingerprint density at radius 2 is 2.06 bits per heavy atom. The fourth-order valence-corrected chi connectivity index (χ4v) is 2.26. The van der Waals surface area contributed by atoms with Gasteiger partial charge in [0.25, 0.3) is 0 Å². The van der Waals surface area contributed by atoms with Crippen molar-refractivity contribution in [3.8, 4) is 5.75 Å². The Hall–Kier alpha value is -1.15. The van der Waals surface area contributed by atoms with Crippen LogP contribution in [0.3, 0.4) is 0 Å². The third-order valence-electron chi connectivity index (χ3n) is 2.18. The molecular formula is C10H16N2O4S. The van der Waals surface area contributed by atoms with Crippen LogP contribution in [0, 0.1) is 0 Å². The molecule has 0 saturated heterocycles. The van der Waals surface area contributed by atoms with Gasteiger partial charge in [0.2, 0.25) is 0 Å². The quantitative estimate of drug-likeness (QED) is 0.731. The smallest absolute Gasteiger partial charge is 0.316 e. The van der Waals surface area contributed by atoms with Gasteiger partial charge >= 0.3 is 10.1 Å². The molecule has 1 aromatic rings. The molecule has 0 aromatic heterocycles. The first-order chi connectivity index (χ1) is 7.90. The zero-order valence-electron chi connectivity index (χ0n) is 9.71. The van der Waals surface area contributed by atoms with Crippen LogP contribution in [0.2, 0.25) is 0 Å². The van der Waals surface area contributed by atoms with Crippen molar-refractivity contribution in [3.05, 3.63) is 23.8 Å². The molecule has 0 radical (unpaired) electrons. The molecule has 0 saturated carbocycles. The molecule has 0 aliphatic heterocycles. The molecule has 4 N–H and O–H groups in total. The predicted octanol–water partition coefficient (Wildman–Crippen LogP) is 0.164. The molecule has 0 aliphatic carbocycles. The van der Waals surface area contributed by atoms with E-state index < -0.39 is 10.1 Å². The minimum atomic E-state index is -3.99. The van der Waals surface area contributed by atoms with Crippen LogP contribution in [0.25, 0.3) is 0 Å². The first-order valence-electron chi connectivity index (χ1n) is 4.96. The fourth-order valence-electron chi connectivity index (χ4n) is 1.47. The SMILES string of the molecule is COc1ccc(CC(C)N)cc1S(=O)(=O)ON. The lowest BCUT2D eigenvalue weighted by atomic mass is 10.1. The highest BCUT2D eigenvalue weighted by atomic mass is 32.2. The molecule has 1 rings (SSSR count). The molecule has 96 valence electrons. The highest BCUT2D eigenvalue weighted by Crippen LogP contribution is 2.26. The molecule has 17 heavy (non-hydrogen) atoms. The van der Waals surface area contributed by atoms with E-state index in [9.17, 15) is 8.42 Å². The van der Waals surface area contributed by atoms with Gasteiger partial charge < -0.3 is 10.5 Å². The molecule has 0 aliphatic rings. The van der Waals surface area contributed by atoms with E-state index in [-0.39, 0.29) is 16.7 Å². The first kappa shape index (κ1) is 13.9. The van der Waals surface area contributed by atoms with Crippen molar-refractivity contribution in [1.82, 2.24) is 0 Å². The number of methoxy groups -OCH3 is 1. The van der Waals surface area contributed by atoms with Crippen LogP contribution in [-0.2, 0) is 20.8 Å². The Bertz CT molecular complexity index is 485. The number of nitrogens with two attached hydrogens (primary N) is 2. The summed E-state index contributed by atoms with van der Waals surface area (Å²) in [6.45, 7) is 1.83. The maximum Gasteiger partial charge on any atom is 0.316 e. The van der Waals surface area contributed by atoms with Crippen molar-refractivity contribution in [1.29, 1.82) is 0 Å². The van der Waals surface area contributed by atoms with E-state index >= 15 is 0 Å². The van der Waals surface area contributed by atoms with Crippen molar-refractivity contribution in [2.75, 3.05) is 7.11 Å². The second kappa shape index (κ2) is 5.46. The van der Waals surface area contributed by atoms with Crippen LogP contribution in [0.5, 0.6) is 5.75 Å². The molecular weight excluding hydrogens is 244 g/mol. The Kier molecular flexibility index (Phi) is 4.47. The van der Waals surface area contributed by atoms with Crippen molar-refractivity contribution < 1.29 is 17.4 Å².